The number of amides is 2. The molecular weight excluding hydrogens is 558 g/mol. The van der Waals surface area contributed by atoms with Crippen LogP contribution in [0.15, 0.2) is 36.0 Å². The molecule has 0 bridgehead atoms. The highest BCUT2D eigenvalue weighted by atomic mass is 35.5. The van der Waals surface area contributed by atoms with Crippen LogP contribution in [0, 0.1) is 5.41 Å². The molecule has 11 heteroatoms. The smallest absolute Gasteiger partial charge is 0.321 e. The largest absolute Gasteiger partial charge is 0.498 e. The Morgan fingerprint density at radius 3 is 2.79 bits per heavy atom. The van der Waals surface area contributed by atoms with E-state index in [-0.39, 0.29) is 11.9 Å². The number of ether oxygens (including phenoxy) is 4. The molecule has 2 amide bonds. The molecule has 2 aliphatic heterocycles. The van der Waals surface area contributed by atoms with Crippen LogP contribution in [0.4, 0.5) is 10.5 Å². The Morgan fingerprint density at radius 1 is 1.31 bits per heavy atom. The number of rotatable bonds is 13. The maximum atomic E-state index is 12.4. The number of nitrogens with zero attached hydrogens (tertiary/aromatic N) is 4. The summed E-state index contributed by atoms with van der Waals surface area (Å²) in [6, 6.07) is 4.88. The van der Waals surface area contributed by atoms with Gasteiger partial charge >= 0.3 is 6.03 Å². The first-order chi connectivity index (χ1) is 20.2. The average molecular weight is 600 g/mol. The quantitative estimate of drug-likeness (QED) is 0.272. The minimum atomic E-state index is -0.222. The highest BCUT2D eigenvalue weighted by Crippen LogP contribution is 2.37. The van der Waals surface area contributed by atoms with E-state index in [1.807, 2.05) is 6.92 Å². The van der Waals surface area contributed by atoms with E-state index in [4.69, 9.17) is 30.5 Å². The molecule has 2 fully saturated rings. The number of carbonyl (C=O) groups excluding carboxylic acids is 1. The molecular formula is C31H42ClN5O5. The summed E-state index contributed by atoms with van der Waals surface area (Å²) in [4.78, 5) is 25.1. The SMILES string of the molecule is C=c1c(Oc2ccc(N(C)C(=O)NCCCC)c(Cl)c2)ncnc1=CC(OCCCN1CCC2(COC2)C1)=C(C)OC. The van der Waals surface area contributed by atoms with Crippen molar-refractivity contribution in [1.29, 1.82) is 0 Å². The van der Waals surface area contributed by atoms with Crippen LogP contribution in [0.1, 0.15) is 39.5 Å². The van der Waals surface area contributed by atoms with Gasteiger partial charge in [-0.1, -0.05) is 31.5 Å². The highest BCUT2D eigenvalue weighted by Gasteiger charge is 2.43. The molecule has 1 aromatic heterocycles. The molecule has 0 radical (unpaired) electrons. The summed E-state index contributed by atoms with van der Waals surface area (Å²) in [6.45, 7) is 14.2. The van der Waals surface area contributed by atoms with Gasteiger partial charge in [0.2, 0.25) is 5.88 Å². The van der Waals surface area contributed by atoms with Crippen molar-refractivity contribution >= 4 is 36.0 Å². The lowest BCUT2D eigenvalue weighted by Gasteiger charge is -2.37. The van der Waals surface area contributed by atoms with Gasteiger partial charge in [-0.05, 0) is 44.9 Å². The van der Waals surface area contributed by atoms with Crippen LogP contribution in [-0.4, -0.2) is 81.1 Å². The van der Waals surface area contributed by atoms with Gasteiger partial charge in [-0.2, -0.15) is 0 Å². The minimum Gasteiger partial charge on any atom is -0.498 e. The van der Waals surface area contributed by atoms with Gasteiger partial charge in [0, 0.05) is 44.2 Å². The van der Waals surface area contributed by atoms with E-state index in [2.05, 4.69) is 33.7 Å². The summed E-state index contributed by atoms with van der Waals surface area (Å²) in [5, 5.41) is 4.28. The molecule has 0 atom stereocenters. The van der Waals surface area contributed by atoms with Gasteiger partial charge in [0.15, 0.2) is 5.76 Å². The number of urea groups is 1. The molecule has 0 saturated carbocycles. The zero-order valence-electron chi connectivity index (χ0n) is 25.1. The van der Waals surface area contributed by atoms with Crippen molar-refractivity contribution in [3.8, 4) is 11.6 Å². The van der Waals surface area contributed by atoms with Crippen molar-refractivity contribution in [3.63, 3.8) is 0 Å². The number of hydrogen-bond donors (Lipinski definition) is 1. The number of allylic oxidation sites excluding steroid dienone is 2. The molecule has 3 heterocycles. The van der Waals surface area contributed by atoms with Crippen molar-refractivity contribution in [2.45, 2.75) is 39.5 Å². The highest BCUT2D eigenvalue weighted by molar-refractivity contribution is 6.34. The molecule has 0 aliphatic carbocycles. The third-order valence-corrected chi connectivity index (χ3v) is 7.98. The number of carbonyl (C=O) groups is 1. The van der Waals surface area contributed by atoms with Crippen LogP contribution in [0.25, 0.3) is 12.7 Å². The second-order valence-electron chi connectivity index (χ2n) is 10.9. The van der Waals surface area contributed by atoms with Crippen molar-refractivity contribution < 1.29 is 23.7 Å². The van der Waals surface area contributed by atoms with E-state index < -0.39 is 0 Å². The molecule has 228 valence electrons. The van der Waals surface area contributed by atoms with Gasteiger partial charge in [-0.25, -0.2) is 14.8 Å². The molecule has 1 spiro atoms. The summed E-state index contributed by atoms with van der Waals surface area (Å²) in [5.41, 5.74) is 0.950. The fourth-order valence-electron chi connectivity index (χ4n) is 4.94. The fraction of sp³-hybridized carbons (Fsp3) is 0.516. The van der Waals surface area contributed by atoms with Crippen LogP contribution in [0.3, 0.4) is 0 Å². The van der Waals surface area contributed by atoms with Gasteiger partial charge in [-0.15, -0.1) is 0 Å². The summed E-state index contributed by atoms with van der Waals surface area (Å²) >= 11 is 6.51. The van der Waals surface area contributed by atoms with Gasteiger partial charge < -0.3 is 29.2 Å². The van der Waals surface area contributed by atoms with E-state index in [1.54, 1.807) is 38.4 Å². The molecule has 2 saturated heterocycles. The first-order valence-corrected chi connectivity index (χ1v) is 14.8. The molecule has 0 unspecified atom stereocenters. The number of aromatic nitrogens is 2. The van der Waals surface area contributed by atoms with Crippen LogP contribution in [0.2, 0.25) is 5.02 Å². The first-order valence-electron chi connectivity index (χ1n) is 14.4. The Balaban J connectivity index is 1.40. The molecule has 4 rings (SSSR count). The maximum Gasteiger partial charge on any atom is 0.321 e. The van der Waals surface area contributed by atoms with E-state index >= 15 is 0 Å². The van der Waals surface area contributed by atoms with Crippen molar-refractivity contribution in [1.82, 2.24) is 20.2 Å². The van der Waals surface area contributed by atoms with Gasteiger partial charge in [0.1, 0.15) is 17.8 Å². The standard InChI is InChI=1S/C31H42ClN5O5/c1-6-7-12-33-30(38)36(4)27-10-9-24(16-25(27)32)42-29-22(2)26(34-21-35-29)17-28(23(3)39-5)41-15-8-13-37-14-11-31(18-37)19-40-20-31/h9-10,16-17,21H,2,6-8,11-15,18-20H2,1,3-5H3,(H,33,38). The summed E-state index contributed by atoms with van der Waals surface area (Å²) < 4.78 is 23.1. The van der Waals surface area contributed by atoms with E-state index in [9.17, 15) is 4.79 Å². The van der Waals surface area contributed by atoms with Crippen LogP contribution >= 0.6 is 11.6 Å². The third kappa shape index (κ3) is 7.93. The number of methoxy groups -OCH3 is 1. The second kappa shape index (κ2) is 14.7. The Kier molecular flexibility index (Phi) is 11.1. The maximum absolute atomic E-state index is 12.4. The predicted octanol–water partition coefficient (Wildman–Crippen LogP) is 4.07. The summed E-state index contributed by atoms with van der Waals surface area (Å²) in [7, 11) is 3.28. The average Bonchev–Trinajstić information content (AvgIpc) is 3.41. The van der Waals surface area contributed by atoms with Crippen LogP contribution in [0.5, 0.6) is 11.6 Å². The van der Waals surface area contributed by atoms with E-state index in [1.165, 1.54) is 17.6 Å². The number of benzene rings is 1. The first kappa shape index (κ1) is 31.6. The molecule has 2 aliphatic rings. The zero-order valence-corrected chi connectivity index (χ0v) is 25.8. The Labute approximate surface area is 252 Å². The van der Waals surface area contributed by atoms with Crippen molar-refractivity contribution in [2.24, 2.45) is 5.41 Å². The van der Waals surface area contributed by atoms with Crippen LogP contribution < -0.4 is 25.5 Å². The molecule has 10 nitrogen and oxygen atoms in total. The zero-order chi connectivity index (χ0) is 30.1. The predicted molar refractivity (Wildman–Crippen MR) is 164 cm³/mol. The third-order valence-electron chi connectivity index (χ3n) is 7.68. The number of unbranched alkanes of at least 4 members (excludes halogenated alkanes) is 1. The van der Waals surface area contributed by atoms with E-state index in [0.29, 0.717) is 57.1 Å². The van der Waals surface area contributed by atoms with Crippen LogP contribution in [-0.2, 0) is 14.2 Å². The van der Waals surface area contributed by atoms with Gasteiger partial charge in [-0.3, -0.25) is 4.90 Å². The molecule has 42 heavy (non-hydrogen) atoms. The number of hydrogen-bond acceptors (Lipinski definition) is 8. The number of nitrogens with one attached hydrogen (secondary N) is 1. The lowest BCUT2D eigenvalue weighted by Crippen LogP contribution is -2.44. The monoisotopic (exact) mass is 599 g/mol. The second-order valence-corrected chi connectivity index (χ2v) is 11.3. The summed E-state index contributed by atoms with van der Waals surface area (Å²) in [5.74, 6) is 1.94. The van der Waals surface area contributed by atoms with Gasteiger partial charge in [0.05, 0.1) is 48.2 Å². The van der Waals surface area contributed by atoms with Gasteiger partial charge in [0.25, 0.3) is 0 Å². The molecule has 1 N–H and O–H groups in total. The summed E-state index contributed by atoms with van der Waals surface area (Å²) in [6.07, 6.45) is 7.22. The topological polar surface area (TPSA) is 98.3 Å². The van der Waals surface area contributed by atoms with Crippen molar-refractivity contribution in [2.75, 3.05) is 65.1 Å². The minimum absolute atomic E-state index is 0.222. The lowest BCUT2D eigenvalue weighted by atomic mass is 9.85. The molecule has 1 aromatic carbocycles. The van der Waals surface area contributed by atoms with E-state index in [0.717, 1.165) is 52.1 Å². The Bertz CT molecular complexity index is 1380. The van der Waals surface area contributed by atoms with Crippen molar-refractivity contribution in [3.05, 3.63) is 51.6 Å². The molecule has 2 aromatic rings. The normalized spacial score (nSPS) is 17.0. The number of halogens is 1. The Hall–Kier alpha value is -3.34. The fourth-order valence-corrected chi connectivity index (χ4v) is 5.24. The number of likely N-dealkylation sites (tertiary alicyclic amines) is 1. The lowest BCUT2D eigenvalue weighted by molar-refractivity contribution is -0.105. The number of anilines is 1. The Morgan fingerprint density at radius 2 is 2.12 bits per heavy atom.